The molecule has 0 bridgehead atoms. The first-order chi connectivity index (χ1) is 32.3. The van der Waals surface area contributed by atoms with Crippen molar-refractivity contribution in [2.45, 2.75) is 123 Å². The molecule has 7 N–H and O–H groups in total. The van der Waals surface area contributed by atoms with E-state index in [-0.39, 0.29) is 37.3 Å². The molecule has 69 heavy (non-hydrogen) atoms. The number of carbonyl (C=O) groups is 7. The van der Waals surface area contributed by atoms with E-state index >= 15 is 0 Å². The Morgan fingerprint density at radius 1 is 0.710 bits per heavy atom. The van der Waals surface area contributed by atoms with Crippen LogP contribution in [0.4, 0.5) is 18.9 Å². The molecule has 0 aliphatic rings. The summed E-state index contributed by atoms with van der Waals surface area (Å²) in [6.07, 6.45) is -6.66. The van der Waals surface area contributed by atoms with Gasteiger partial charge in [0.2, 0.25) is 35.4 Å². The lowest BCUT2D eigenvalue weighted by Crippen LogP contribution is -2.62. The lowest BCUT2D eigenvalue weighted by atomic mass is 9.85. The van der Waals surface area contributed by atoms with Crippen molar-refractivity contribution in [3.63, 3.8) is 0 Å². The minimum Gasteiger partial charge on any atom is -0.394 e. The summed E-state index contributed by atoms with van der Waals surface area (Å²) < 4.78 is 45.2. The Morgan fingerprint density at radius 2 is 1.25 bits per heavy atom. The summed E-state index contributed by atoms with van der Waals surface area (Å²) in [5, 5.41) is 36.2. The number of hydrogen-bond donors (Lipinski definition) is 7. The molecule has 18 nitrogen and oxygen atoms in total. The molecule has 3 aromatic carbocycles. The molecule has 3 aromatic rings. The van der Waals surface area contributed by atoms with E-state index in [4.69, 9.17) is 4.74 Å². The zero-order valence-electron chi connectivity index (χ0n) is 39.6. The largest absolute Gasteiger partial charge is 0.394 e. The number of aliphatic hydroxyl groups is 1. The number of carbonyl (C=O) groups excluding carboxylic acids is 7. The van der Waals surface area contributed by atoms with E-state index in [1.54, 1.807) is 96.1 Å². The Balaban J connectivity index is 1.94. The van der Waals surface area contributed by atoms with Crippen LogP contribution in [0.3, 0.4) is 0 Å². The predicted octanol–water partition coefficient (Wildman–Crippen LogP) is 3.61. The van der Waals surface area contributed by atoms with Gasteiger partial charge in [-0.05, 0) is 53.9 Å². The summed E-state index contributed by atoms with van der Waals surface area (Å²) in [4.78, 5) is 105. The summed E-state index contributed by atoms with van der Waals surface area (Å²) in [7, 11) is 0. The van der Waals surface area contributed by atoms with Crippen LogP contribution in [0, 0.1) is 28.4 Å². The number of benzene rings is 3. The highest BCUT2D eigenvalue weighted by Gasteiger charge is 2.39. The molecule has 21 heteroatoms. The number of ether oxygens (including phenoxy) is 1. The van der Waals surface area contributed by atoms with E-state index in [9.17, 15) is 62.0 Å². The summed E-state index contributed by atoms with van der Waals surface area (Å²) in [6.45, 7) is 10.1. The zero-order chi connectivity index (χ0) is 51.6. The lowest BCUT2D eigenvalue weighted by molar-refractivity contribution is -0.384. The van der Waals surface area contributed by atoms with Gasteiger partial charge in [0.1, 0.15) is 36.5 Å². The van der Waals surface area contributed by atoms with Crippen LogP contribution in [-0.4, -0.2) is 107 Å². The number of hydrogen-bond acceptors (Lipinski definition) is 11. The standard InChI is InChI=1S/C48H62F3N7O11/c1-28(2)21-36(42(62)52-34(24-59)23-48(49,50)51)54-46(66)40(47(5,6)7)57-43(63)37(22-33-16-12-11-13-29(33)3)53-45(65)39(27-69-26-31-14-9-8-10-15-31)56-44(64)38(25-60)55-41(61)30(4)32-17-19-35(20-18-32)58(67)68/h8-20,24,28,30,34,36-40,60H,21-23,25-27H2,1-7H3,(H,52,62)(H,53,65)(H,54,66)(H,55,61)(H,56,64)(H,57,63)/t30?,34?,36-,37-,38-,39+,40+/m0/s1. The maximum absolute atomic E-state index is 14.5. The quantitative estimate of drug-likeness (QED) is 0.0367. The Morgan fingerprint density at radius 3 is 1.80 bits per heavy atom. The van der Waals surface area contributed by atoms with Gasteiger partial charge >= 0.3 is 6.18 Å². The molecular weight excluding hydrogens is 908 g/mol. The SMILES string of the molecule is Cc1ccccc1C[C@H](NC(=O)[C@@H](COCc1ccccc1)NC(=O)[C@H](CO)NC(=O)C(C)c1ccc([N+](=O)[O-])cc1)C(=O)N[C@H](C(=O)N[C@@H](CC(C)C)C(=O)NC(C=O)CC(F)(F)F)C(C)(C)C. The van der Waals surface area contributed by atoms with Crippen molar-refractivity contribution in [1.29, 1.82) is 0 Å². The molecule has 7 atom stereocenters. The van der Waals surface area contributed by atoms with Crippen LogP contribution in [0.15, 0.2) is 78.9 Å². The molecule has 0 saturated heterocycles. The van der Waals surface area contributed by atoms with E-state index in [1.165, 1.54) is 31.2 Å². The van der Waals surface area contributed by atoms with Crippen molar-refractivity contribution < 1.29 is 61.5 Å². The number of rotatable bonds is 25. The molecular formula is C48H62F3N7O11. The van der Waals surface area contributed by atoms with E-state index in [1.807, 2.05) is 5.32 Å². The average Bonchev–Trinajstić information content (AvgIpc) is 3.28. The zero-order valence-corrected chi connectivity index (χ0v) is 39.6. The summed E-state index contributed by atoms with van der Waals surface area (Å²) in [5.74, 6) is -6.70. The van der Waals surface area contributed by atoms with Crippen LogP contribution < -0.4 is 31.9 Å². The average molecular weight is 970 g/mol. The number of alkyl halides is 3. The smallest absolute Gasteiger partial charge is 0.391 e. The number of nitrogens with one attached hydrogen (secondary N) is 6. The molecule has 0 fully saturated rings. The maximum Gasteiger partial charge on any atom is 0.391 e. The third-order valence-corrected chi connectivity index (χ3v) is 10.9. The van der Waals surface area contributed by atoms with Gasteiger partial charge in [-0.1, -0.05) is 101 Å². The first-order valence-corrected chi connectivity index (χ1v) is 22.2. The van der Waals surface area contributed by atoms with E-state index in [0.29, 0.717) is 16.7 Å². The van der Waals surface area contributed by atoms with Gasteiger partial charge in [0.05, 0.1) is 43.1 Å². The molecule has 0 heterocycles. The number of nitro groups is 1. The second-order valence-electron chi connectivity index (χ2n) is 18.1. The minimum atomic E-state index is -4.78. The second kappa shape index (κ2) is 26.1. The van der Waals surface area contributed by atoms with Crippen molar-refractivity contribution in [3.05, 3.63) is 111 Å². The fourth-order valence-electron chi connectivity index (χ4n) is 6.93. The summed E-state index contributed by atoms with van der Waals surface area (Å²) in [6, 6.07) is 11.6. The maximum atomic E-state index is 14.5. The molecule has 0 aliphatic carbocycles. The van der Waals surface area contributed by atoms with Gasteiger partial charge in [0, 0.05) is 18.6 Å². The number of amides is 6. The van der Waals surface area contributed by atoms with Crippen LogP contribution in [-0.2, 0) is 51.3 Å². The number of aldehydes is 1. The number of aryl methyl sites for hydroxylation is 1. The third kappa shape index (κ3) is 18.7. The van der Waals surface area contributed by atoms with Gasteiger partial charge in [0.25, 0.3) is 5.69 Å². The van der Waals surface area contributed by atoms with Gasteiger partial charge in [0.15, 0.2) is 0 Å². The Hall–Kier alpha value is -6.74. The molecule has 0 aliphatic heterocycles. The summed E-state index contributed by atoms with van der Waals surface area (Å²) >= 11 is 0. The van der Waals surface area contributed by atoms with E-state index in [0.717, 1.165) is 5.56 Å². The number of nitro benzene ring substituents is 1. The van der Waals surface area contributed by atoms with Crippen molar-refractivity contribution in [2.24, 2.45) is 11.3 Å². The molecule has 376 valence electrons. The molecule has 3 rings (SSSR count). The van der Waals surface area contributed by atoms with Crippen molar-refractivity contribution >= 4 is 47.4 Å². The number of nitrogens with zero attached hydrogens (tertiary/aromatic N) is 1. The highest BCUT2D eigenvalue weighted by atomic mass is 19.4. The second-order valence-corrected chi connectivity index (χ2v) is 18.1. The van der Waals surface area contributed by atoms with Crippen LogP contribution in [0.5, 0.6) is 0 Å². The Bertz CT molecular complexity index is 2240. The van der Waals surface area contributed by atoms with Crippen molar-refractivity contribution in [3.8, 4) is 0 Å². The van der Waals surface area contributed by atoms with Gasteiger partial charge in [-0.2, -0.15) is 13.2 Å². The number of aliphatic hydroxyl groups excluding tert-OH is 1. The monoisotopic (exact) mass is 969 g/mol. The first kappa shape index (κ1) is 56.6. The topological polar surface area (TPSA) is 264 Å². The molecule has 0 spiro atoms. The van der Waals surface area contributed by atoms with Gasteiger partial charge in [-0.25, -0.2) is 0 Å². The molecule has 0 saturated carbocycles. The number of non-ortho nitro benzene ring substituents is 1. The van der Waals surface area contributed by atoms with Crippen LogP contribution in [0.2, 0.25) is 0 Å². The van der Waals surface area contributed by atoms with Gasteiger partial charge < -0.3 is 46.5 Å². The fourth-order valence-corrected chi connectivity index (χ4v) is 6.93. The molecule has 6 amide bonds. The van der Waals surface area contributed by atoms with Crippen molar-refractivity contribution in [1.82, 2.24) is 31.9 Å². The van der Waals surface area contributed by atoms with Gasteiger partial charge in [-0.3, -0.25) is 38.9 Å². The third-order valence-electron chi connectivity index (χ3n) is 10.9. The normalized spacial score (nSPS) is 14.7. The lowest BCUT2D eigenvalue weighted by Gasteiger charge is -2.34. The van der Waals surface area contributed by atoms with Gasteiger partial charge in [-0.15, -0.1) is 0 Å². The highest BCUT2D eigenvalue weighted by Crippen LogP contribution is 2.23. The fraction of sp³-hybridized carbons (Fsp3) is 0.479. The molecule has 2 unspecified atom stereocenters. The summed E-state index contributed by atoms with van der Waals surface area (Å²) in [5.41, 5.74) is 1.14. The molecule has 0 aromatic heterocycles. The van der Waals surface area contributed by atoms with Crippen molar-refractivity contribution in [2.75, 3.05) is 13.2 Å². The molecule has 0 radical (unpaired) electrons. The highest BCUT2D eigenvalue weighted by molar-refractivity contribution is 5.97. The van der Waals surface area contributed by atoms with E-state index in [2.05, 4.69) is 26.6 Å². The van der Waals surface area contributed by atoms with Crippen LogP contribution in [0.25, 0.3) is 0 Å². The van der Waals surface area contributed by atoms with E-state index < -0.39 is 114 Å². The predicted molar refractivity (Wildman–Crippen MR) is 247 cm³/mol. The Labute approximate surface area is 398 Å². The number of halogens is 3. The van der Waals surface area contributed by atoms with Crippen LogP contribution in [0.1, 0.15) is 82.6 Å². The van der Waals surface area contributed by atoms with Crippen LogP contribution >= 0.6 is 0 Å². The first-order valence-electron chi connectivity index (χ1n) is 22.2. The Kier molecular flexibility index (Phi) is 21.4. The minimum absolute atomic E-state index is 0.0170.